The van der Waals surface area contributed by atoms with Crippen molar-refractivity contribution in [3.05, 3.63) is 46.8 Å². The summed E-state index contributed by atoms with van der Waals surface area (Å²) in [6.07, 6.45) is 0. The summed E-state index contributed by atoms with van der Waals surface area (Å²) in [7, 11) is 3.66. The summed E-state index contributed by atoms with van der Waals surface area (Å²) in [5, 5.41) is 7.97. The van der Waals surface area contributed by atoms with Gasteiger partial charge in [0.2, 0.25) is 0 Å². The van der Waals surface area contributed by atoms with Crippen molar-refractivity contribution in [3.63, 3.8) is 0 Å². The highest BCUT2D eigenvalue weighted by Crippen LogP contribution is 2.20. The van der Waals surface area contributed by atoms with Crippen molar-refractivity contribution in [1.29, 1.82) is 0 Å². The first kappa shape index (κ1) is 14.6. The molecule has 2 rings (SSSR count). The highest BCUT2D eigenvalue weighted by molar-refractivity contribution is 5.29. The molecule has 0 spiro atoms. The summed E-state index contributed by atoms with van der Waals surface area (Å²) in [6.45, 7) is 7.12. The molecule has 0 fully saturated rings. The summed E-state index contributed by atoms with van der Waals surface area (Å²) in [6, 6.07) is 8.41. The van der Waals surface area contributed by atoms with Crippen LogP contribution in [0.15, 0.2) is 24.3 Å². The van der Waals surface area contributed by atoms with Crippen LogP contribution in [-0.2, 0) is 6.54 Å². The Kier molecular flexibility index (Phi) is 4.45. The molecule has 0 saturated carbocycles. The van der Waals surface area contributed by atoms with Gasteiger partial charge in [0, 0.05) is 5.69 Å². The van der Waals surface area contributed by atoms with Gasteiger partial charge < -0.3 is 10.1 Å². The molecule has 0 aliphatic heterocycles. The first-order valence-electron chi connectivity index (χ1n) is 6.88. The molecule has 0 amide bonds. The smallest absolute Gasteiger partial charge is 0.118 e. The molecular weight excluding hydrogens is 250 g/mol. The Balaban J connectivity index is 2.21. The highest BCUT2D eigenvalue weighted by atomic mass is 16.5. The molecule has 108 valence electrons. The first-order chi connectivity index (χ1) is 9.56. The third-order valence-electron chi connectivity index (χ3n) is 3.97. The number of methoxy groups -OCH3 is 1. The van der Waals surface area contributed by atoms with Crippen LogP contribution in [0.2, 0.25) is 0 Å². The number of benzene rings is 1. The van der Waals surface area contributed by atoms with E-state index in [2.05, 4.69) is 48.0 Å². The van der Waals surface area contributed by atoms with Crippen molar-refractivity contribution >= 4 is 0 Å². The van der Waals surface area contributed by atoms with E-state index in [4.69, 9.17) is 4.74 Å². The second-order valence-corrected chi connectivity index (χ2v) is 5.09. The van der Waals surface area contributed by atoms with Crippen LogP contribution in [0.25, 0.3) is 0 Å². The standard InChI is InChI=1S/C16H23N3O/c1-11-12(2)18-19(13(11)3)10-16(17-4)14-6-8-15(20-5)9-7-14/h6-9,16-17H,10H2,1-5H3. The molecule has 0 bridgehead atoms. The Bertz CT molecular complexity index is 572. The van der Waals surface area contributed by atoms with Crippen LogP contribution in [0.5, 0.6) is 5.75 Å². The van der Waals surface area contributed by atoms with Crippen LogP contribution < -0.4 is 10.1 Å². The fraction of sp³-hybridized carbons (Fsp3) is 0.438. The molecule has 0 aliphatic carbocycles. The van der Waals surface area contributed by atoms with Crippen molar-refractivity contribution in [2.45, 2.75) is 33.4 Å². The number of nitrogens with zero attached hydrogens (tertiary/aromatic N) is 2. The molecule has 2 aromatic rings. The number of likely N-dealkylation sites (N-methyl/N-ethyl adjacent to an activating group) is 1. The van der Waals surface area contributed by atoms with E-state index in [0.717, 1.165) is 18.0 Å². The normalized spacial score (nSPS) is 12.4. The summed E-state index contributed by atoms with van der Waals surface area (Å²) in [5.41, 5.74) is 4.84. The number of aryl methyl sites for hydroxylation is 1. The number of aromatic nitrogens is 2. The van der Waals surface area contributed by atoms with Gasteiger partial charge in [0.25, 0.3) is 0 Å². The molecule has 1 N–H and O–H groups in total. The quantitative estimate of drug-likeness (QED) is 0.910. The van der Waals surface area contributed by atoms with Crippen LogP contribution >= 0.6 is 0 Å². The lowest BCUT2D eigenvalue weighted by Gasteiger charge is -2.18. The van der Waals surface area contributed by atoms with Crippen LogP contribution in [0.4, 0.5) is 0 Å². The Morgan fingerprint density at radius 1 is 1.20 bits per heavy atom. The second-order valence-electron chi connectivity index (χ2n) is 5.09. The van der Waals surface area contributed by atoms with Gasteiger partial charge in [0.15, 0.2) is 0 Å². The lowest BCUT2D eigenvalue weighted by atomic mass is 10.1. The fourth-order valence-electron chi connectivity index (χ4n) is 2.34. The van der Waals surface area contributed by atoms with Crippen LogP contribution in [0.1, 0.15) is 28.6 Å². The fourth-order valence-corrected chi connectivity index (χ4v) is 2.34. The van der Waals surface area contributed by atoms with E-state index in [0.29, 0.717) is 0 Å². The van der Waals surface area contributed by atoms with E-state index in [9.17, 15) is 0 Å². The maximum Gasteiger partial charge on any atom is 0.118 e. The topological polar surface area (TPSA) is 39.1 Å². The Morgan fingerprint density at radius 2 is 1.85 bits per heavy atom. The van der Waals surface area contributed by atoms with E-state index in [1.807, 2.05) is 19.2 Å². The molecule has 0 radical (unpaired) electrons. The zero-order valence-corrected chi connectivity index (χ0v) is 12.9. The Hall–Kier alpha value is -1.81. The maximum atomic E-state index is 5.20. The second kappa shape index (κ2) is 6.09. The van der Waals surface area contributed by atoms with Gasteiger partial charge in [-0.25, -0.2) is 0 Å². The van der Waals surface area contributed by atoms with Crippen LogP contribution in [0.3, 0.4) is 0 Å². The molecule has 1 atom stereocenters. The molecule has 1 heterocycles. The maximum absolute atomic E-state index is 5.20. The third kappa shape index (κ3) is 2.85. The van der Waals surface area contributed by atoms with E-state index in [1.165, 1.54) is 16.8 Å². The zero-order valence-electron chi connectivity index (χ0n) is 12.9. The SMILES string of the molecule is CNC(Cn1nc(C)c(C)c1C)c1ccc(OC)cc1. The predicted octanol–water partition coefficient (Wildman–Crippen LogP) is 2.78. The first-order valence-corrected chi connectivity index (χ1v) is 6.88. The van der Waals surface area contributed by atoms with Gasteiger partial charge in [0.1, 0.15) is 5.75 Å². The lowest BCUT2D eigenvalue weighted by Crippen LogP contribution is -2.23. The summed E-state index contributed by atoms with van der Waals surface area (Å²) < 4.78 is 7.28. The van der Waals surface area contributed by atoms with Crippen LogP contribution in [-0.4, -0.2) is 23.9 Å². The molecular formula is C16H23N3O. The largest absolute Gasteiger partial charge is 0.497 e. The summed E-state index contributed by atoms with van der Waals surface area (Å²) in [5.74, 6) is 0.880. The van der Waals surface area contributed by atoms with Crippen molar-refractivity contribution < 1.29 is 4.74 Å². The monoisotopic (exact) mass is 273 g/mol. The van der Waals surface area contributed by atoms with Crippen molar-refractivity contribution in [1.82, 2.24) is 15.1 Å². The van der Waals surface area contributed by atoms with Crippen LogP contribution in [0, 0.1) is 20.8 Å². The van der Waals surface area contributed by atoms with E-state index < -0.39 is 0 Å². The Labute approximate surface area is 120 Å². The Morgan fingerprint density at radius 3 is 2.30 bits per heavy atom. The number of nitrogens with one attached hydrogen (secondary N) is 1. The number of hydrogen-bond donors (Lipinski definition) is 1. The van der Waals surface area contributed by atoms with Gasteiger partial charge in [-0.2, -0.15) is 5.10 Å². The number of hydrogen-bond acceptors (Lipinski definition) is 3. The van der Waals surface area contributed by atoms with Crippen molar-refractivity contribution in [2.24, 2.45) is 0 Å². The minimum atomic E-state index is 0.235. The van der Waals surface area contributed by atoms with E-state index in [-0.39, 0.29) is 6.04 Å². The average Bonchev–Trinajstić information content (AvgIpc) is 2.72. The molecule has 0 aliphatic rings. The van der Waals surface area contributed by atoms with Gasteiger partial charge in [-0.15, -0.1) is 0 Å². The minimum Gasteiger partial charge on any atom is -0.497 e. The average molecular weight is 273 g/mol. The molecule has 0 saturated heterocycles. The molecule has 1 unspecified atom stereocenters. The van der Waals surface area contributed by atoms with E-state index in [1.54, 1.807) is 7.11 Å². The molecule has 4 nitrogen and oxygen atoms in total. The summed E-state index contributed by atoms with van der Waals surface area (Å²) in [4.78, 5) is 0. The van der Waals surface area contributed by atoms with Crippen molar-refractivity contribution in [2.75, 3.05) is 14.2 Å². The zero-order chi connectivity index (χ0) is 14.7. The molecule has 4 heteroatoms. The van der Waals surface area contributed by atoms with Gasteiger partial charge in [-0.1, -0.05) is 12.1 Å². The van der Waals surface area contributed by atoms with Gasteiger partial charge in [0.05, 0.1) is 25.4 Å². The summed E-state index contributed by atoms with van der Waals surface area (Å²) >= 11 is 0. The van der Waals surface area contributed by atoms with Gasteiger partial charge in [-0.3, -0.25) is 4.68 Å². The van der Waals surface area contributed by atoms with E-state index >= 15 is 0 Å². The van der Waals surface area contributed by atoms with Gasteiger partial charge in [-0.05, 0) is 51.1 Å². The number of ether oxygens (including phenoxy) is 1. The minimum absolute atomic E-state index is 0.235. The molecule has 1 aromatic carbocycles. The lowest BCUT2D eigenvalue weighted by molar-refractivity contribution is 0.413. The third-order valence-corrected chi connectivity index (χ3v) is 3.97. The number of rotatable bonds is 5. The molecule has 1 aromatic heterocycles. The van der Waals surface area contributed by atoms with Crippen molar-refractivity contribution in [3.8, 4) is 5.75 Å². The highest BCUT2D eigenvalue weighted by Gasteiger charge is 2.14. The molecule has 20 heavy (non-hydrogen) atoms. The van der Waals surface area contributed by atoms with Gasteiger partial charge >= 0.3 is 0 Å². The predicted molar refractivity (Wildman–Crippen MR) is 81.2 cm³/mol.